The van der Waals surface area contributed by atoms with Gasteiger partial charge in [0.25, 0.3) is 0 Å². The van der Waals surface area contributed by atoms with E-state index in [-0.39, 0.29) is 12.0 Å². The summed E-state index contributed by atoms with van der Waals surface area (Å²) in [6.45, 7) is 2.21. The molecule has 2 aromatic heterocycles. The van der Waals surface area contributed by atoms with Crippen LogP contribution in [0.25, 0.3) is 16.9 Å². The van der Waals surface area contributed by atoms with Crippen molar-refractivity contribution < 1.29 is 14.6 Å². The second-order valence-corrected chi connectivity index (χ2v) is 7.37. The van der Waals surface area contributed by atoms with E-state index in [0.29, 0.717) is 25.4 Å². The molecule has 8 nitrogen and oxygen atoms in total. The molecule has 8 heteroatoms. The van der Waals surface area contributed by atoms with Gasteiger partial charge in [-0.15, -0.1) is 10.2 Å². The molecule has 0 spiro atoms. The Morgan fingerprint density at radius 2 is 2.00 bits per heavy atom. The van der Waals surface area contributed by atoms with Crippen LogP contribution < -0.4 is 9.64 Å². The number of nitrogens with zero attached hydrogens (tertiary/aromatic N) is 5. The number of aromatic nitrogens is 4. The topological polar surface area (TPSA) is 85.0 Å². The van der Waals surface area contributed by atoms with Crippen LogP contribution >= 0.6 is 0 Å². The molecule has 4 rings (SSSR count). The lowest BCUT2D eigenvalue weighted by Crippen LogP contribution is -2.42. The Morgan fingerprint density at radius 1 is 1.25 bits per heavy atom. The zero-order valence-electron chi connectivity index (χ0n) is 16.2. The molecule has 1 aliphatic rings. The van der Waals surface area contributed by atoms with Crippen molar-refractivity contribution >= 4 is 11.3 Å². The van der Waals surface area contributed by atoms with Crippen molar-refractivity contribution in [1.82, 2.24) is 19.8 Å². The van der Waals surface area contributed by atoms with Crippen LogP contribution in [0.2, 0.25) is 0 Å². The summed E-state index contributed by atoms with van der Waals surface area (Å²) >= 11 is 0. The summed E-state index contributed by atoms with van der Waals surface area (Å²) in [6, 6.07) is 9.82. The zero-order chi connectivity index (χ0) is 19.6. The number of rotatable bonds is 6. The van der Waals surface area contributed by atoms with E-state index in [0.717, 1.165) is 35.5 Å². The van der Waals surface area contributed by atoms with Crippen LogP contribution in [0.5, 0.6) is 5.75 Å². The molecule has 0 bridgehead atoms. The van der Waals surface area contributed by atoms with Gasteiger partial charge in [-0.25, -0.2) is 0 Å². The molecular formula is C20H25N5O3. The molecule has 1 saturated heterocycles. The number of aliphatic hydroxyl groups excluding tert-OH is 1. The molecule has 148 valence electrons. The van der Waals surface area contributed by atoms with Crippen LogP contribution in [-0.4, -0.2) is 65.4 Å². The summed E-state index contributed by atoms with van der Waals surface area (Å²) in [5, 5.41) is 23.0. The highest BCUT2D eigenvalue weighted by molar-refractivity contribution is 5.74. The van der Waals surface area contributed by atoms with E-state index >= 15 is 0 Å². The molecule has 1 fully saturated rings. The normalized spacial score (nSPS) is 16.2. The summed E-state index contributed by atoms with van der Waals surface area (Å²) in [6.07, 6.45) is 3.29. The highest BCUT2D eigenvalue weighted by Gasteiger charge is 2.34. The highest BCUT2D eigenvalue weighted by atomic mass is 16.5. The lowest BCUT2D eigenvalue weighted by atomic mass is 9.80. The van der Waals surface area contributed by atoms with Crippen molar-refractivity contribution in [3.8, 4) is 17.0 Å². The number of methoxy groups -OCH3 is 1. The Hall–Kier alpha value is -2.71. The second kappa shape index (κ2) is 7.73. The second-order valence-electron chi connectivity index (χ2n) is 7.37. The maximum Gasteiger partial charge on any atom is 0.200 e. The van der Waals surface area contributed by atoms with Crippen LogP contribution in [0, 0.1) is 5.41 Å². The molecule has 3 heterocycles. The molecule has 1 aromatic carbocycles. The Balaban J connectivity index is 1.70. The Bertz CT molecular complexity index is 935. The van der Waals surface area contributed by atoms with Crippen LogP contribution in [0.3, 0.4) is 0 Å². The molecule has 3 aromatic rings. The van der Waals surface area contributed by atoms with Crippen molar-refractivity contribution in [2.24, 2.45) is 5.41 Å². The molecule has 28 heavy (non-hydrogen) atoms. The number of anilines is 1. The summed E-state index contributed by atoms with van der Waals surface area (Å²) in [7, 11) is 3.67. The van der Waals surface area contributed by atoms with Gasteiger partial charge in [-0.3, -0.25) is 0 Å². The van der Waals surface area contributed by atoms with Gasteiger partial charge in [0, 0.05) is 37.8 Å². The van der Waals surface area contributed by atoms with E-state index in [1.807, 2.05) is 37.4 Å². The SMILES string of the molecule is COc1ccc(-c2cc(N(C)CC3(CO)CCOCC3)c3nncn3n2)cc1. The Labute approximate surface area is 163 Å². The fourth-order valence-electron chi connectivity index (χ4n) is 3.75. The number of benzene rings is 1. The fraction of sp³-hybridized carbons (Fsp3) is 0.450. The third-order valence-corrected chi connectivity index (χ3v) is 5.51. The highest BCUT2D eigenvalue weighted by Crippen LogP contribution is 2.34. The van der Waals surface area contributed by atoms with Gasteiger partial charge in [-0.2, -0.15) is 9.61 Å². The lowest BCUT2D eigenvalue weighted by molar-refractivity contribution is -0.0112. The molecule has 0 radical (unpaired) electrons. The zero-order valence-corrected chi connectivity index (χ0v) is 16.2. The Kier molecular flexibility index (Phi) is 5.15. The lowest BCUT2D eigenvalue weighted by Gasteiger charge is -2.39. The first-order chi connectivity index (χ1) is 13.6. The van der Waals surface area contributed by atoms with Gasteiger partial charge < -0.3 is 19.5 Å². The first-order valence-corrected chi connectivity index (χ1v) is 9.39. The molecule has 0 amide bonds. The third-order valence-electron chi connectivity index (χ3n) is 5.51. The van der Waals surface area contributed by atoms with Gasteiger partial charge in [0.2, 0.25) is 5.65 Å². The van der Waals surface area contributed by atoms with E-state index in [2.05, 4.69) is 20.2 Å². The van der Waals surface area contributed by atoms with Crippen molar-refractivity contribution in [3.05, 3.63) is 36.7 Å². The molecule has 1 N–H and O–H groups in total. The minimum absolute atomic E-state index is 0.139. The maximum atomic E-state index is 10.1. The molecule has 0 atom stereocenters. The maximum absolute atomic E-state index is 10.1. The first-order valence-electron chi connectivity index (χ1n) is 9.39. The summed E-state index contributed by atoms with van der Waals surface area (Å²) in [4.78, 5) is 2.14. The summed E-state index contributed by atoms with van der Waals surface area (Å²) < 4.78 is 12.4. The van der Waals surface area contributed by atoms with Gasteiger partial charge in [0.15, 0.2) is 0 Å². The van der Waals surface area contributed by atoms with Gasteiger partial charge in [0.1, 0.15) is 12.1 Å². The fourth-order valence-corrected chi connectivity index (χ4v) is 3.75. The van der Waals surface area contributed by atoms with Crippen LogP contribution in [-0.2, 0) is 4.74 Å². The third kappa shape index (κ3) is 3.53. The minimum Gasteiger partial charge on any atom is -0.497 e. The molecule has 0 saturated carbocycles. The molecular weight excluding hydrogens is 358 g/mol. The van der Waals surface area contributed by atoms with Crippen LogP contribution in [0.15, 0.2) is 36.7 Å². The Morgan fingerprint density at radius 3 is 2.68 bits per heavy atom. The number of hydrogen-bond acceptors (Lipinski definition) is 7. The minimum atomic E-state index is -0.173. The first kappa shape index (κ1) is 18.6. The van der Waals surface area contributed by atoms with Gasteiger partial charge in [0.05, 0.1) is 25.1 Å². The van der Waals surface area contributed by atoms with Crippen molar-refractivity contribution in [2.45, 2.75) is 12.8 Å². The summed E-state index contributed by atoms with van der Waals surface area (Å²) in [5.74, 6) is 0.802. The van der Waals surface area contributed by atoms with E-state index in [1.54, 1.807) is 18.0 Å². The average Bonchev–Trinajstić information content (AvgIpc) is 3.22. The van der Waals surface area contributed by atoms with Crippen LogP contribution in [0.1, 0.15) is 12.8 Å². The van der Waals surface area contributed by atoms with Gasteiger partial charge >= 0.3 is 0 Å². The van der Waals surface area contributed by atoms with Crippen molar-refractivity contribution in [3.63, 3.8) is 0 Å². The number of ether oxygens (including phenoxy) is 2. The van der Waals surface area contributed by atoms with Crippen molar-refractivity contribution in [1.29, 1.82) is 0 Å². The average molecular weight is 383 g/mol. The van der Waals surface area contributed by atoms with E-state index in [4.69, 9.17) is 9.47 Å². The largest absolute Gasteiger partial charge is 0.497 e. The van der Waals surface area contributed by atoms with Gasteiger partial charge in [-0.1, -0.05) is 0 Å². The molecule has 0 aliphatic carbocycles. The molecule has 0 unspecified atom stereocenters. The number of aliphatic hydroxyl groups is 1. The monoisotopic (exact) mass is 383 g/mol. The van der Waals surface area contributed by atoms with Crippen LogP contribution in [0.4, 0.5) is 5.69 Å². The van der Waals surface area contributed by atoms with E-state index in [9.17, 15) is 5.11 Å². The number of hydrogen-bond donors (Lipinski definition) is 1. The smallest absolute Gasteiger partial charge is 0.200 e. The number of fused-ring (bicyclic) bond motifs is 1. The predicted molar refractivity (Wildman–Crippen MR) is 106 cm³/mol. The quantitative estimate of drug-likeness (QED) is 0.697. The van der Waals surface area contributed by atoms with E-state index < -0.39 is 0 Å². The molecule has 1 aliphatic heterocycles. The van der Waals surface area contributed by atoms with E-state index in [1.165, 1.54) is 0 Å². The van der Waals surface area contributed by atoms with Crippen molar-refractivity contribution in [2.75, 3.05) is 45.4 Å². The standard InChI is InChI=1S/C20H25N5O3/c1-24(12-20(13-26)7-9-28-10-8-20)18-11-17(23-25-14-21-22-19(18)25)15-3-5-16(27-2)6-4-15/h3-6,11,14,26H,7-10,12-13H2,1-2H3. The predicted octanol–water partition coefficient (Wildman–Crippen LogP) is 2.03. The summed E-state index contributed by atoms with van der Waals surface area (Å²) in [5.41, 5.74) is 3.25. The van der Waals surface area contributed by atoms with Gasteiger partial charge in [-0.05, 0) is 43.2 Å².